The molecule has 0 saturated carbocycles. The molecule has 0 bridgehead atoms. The van der Waals surface area contributed by atoms with Gasteiger partial charge >= 0.3 is 6.03 Å². The molecule has 0 spiro atoms. The van der Waals surface area contributed by atoms with Gasteiger partial charge in [-0.05, 0) is 51.1 Å². The molecule has 1 aliphatic rings. The predicted molar refractivity (Wildman–Crippen MR) is 130 cm³/mol. The van der Waals surface area contributed by atoms with Crippen molar-refractivity contribution >= 4 is 37.5 Å². The first-order valence-electron chi connectivity index (χ1n) is 11.0. The Morgan fingerprint density at radius 1 is 0.971 bits per heavy atom. The highest BCUT2D eigenvalue weighted by Crippen LogP contribution is 2.30. The van der Waals surface area contributed by atoms with Crippen molar-refractivity contribution in [1.82, 2.24) is 9.03 Å². The zero-order chi connectivity index (χ0) is 24.9. The molecule has 2 aromatic rings. The van der Waals surface area contributed by atoms with Gasteiger partial charge in [-0.25, -0.2) is 26.4 Å². The van der Waals surface area contributed by atoms with Crippen LogP contribution < -0.4 is 14.9 Å². The van der Waals surface area contributed by atoms with Crippen LogP contribution in [0.4, 0.5) is 16.2 Å². The van der Waals surface area contributed by atoms with Gasteiger partial charge in [-0.3, -0.25) is 0 Å². The van der Waals surface area contributed by atoms with E-state index in [2.05, 4.69) is 5.32 Å². The minimum Gasteiger partial charge on any atom is -0.379 e. The summed E-state index contributed by atoms with van der Waals surface area (Å²) in [5, 5.41) is 2.53. The van der Waals surface area contributed by atoms with Crippen LogP contribution in [0.3, 0.4) is 0 Å². The molecular weight excluding hydrogens is 480 g/mol. The van der Waals surface area contributed by atoms with E-state index in [4.69, 9.17) is 4.74 Å². The molecular formula is C22H30N4O6S2. The van der Waals surface area contributed by atoms with Crippen molar-refractivity contribution in [3.8, 4) is 0 Å². The molecule has 1 fully saturated rings. The van der Waals surface area contributed by atoms with E-state index in [0.717, 1.165) is 5.56 Å². The SMILES string of the molecule is CCN(CC)c1ccc(S(=O)(=O)N2CCOCC2)cc1NC(=O)NS(=O)(=O)c1ccc(C)cc1. The summed E-state index contributed by atoms with van der Waals surface area (Å²) in [6, 6.07) is 9.54. The maximum Gasteiger partial charge on any atom is 0.333 e. The highest BCUT2D eigenvalue weighted by molar-refractivity contribution is 7.90. The van der Waals surface area contributed by atoms with Gasteiger partial charge in [-0.1, -0.05) is 17.7 Å². The molecule has 2 amide bonds. The number of ether oxygens (including phenoxy) is 1. The molecule has 1 heterocycles. The van der Waals surface area contributed by atoms with E-state index in [1.165, 1.54) is 28.6 Å². The Morgan fingerprint density at radius 2 is 1.56 bits per heavy atom. The number of sulfonamides is 2. The van der Waals surface area contributed by atoms with Crippen molar-refractivity contribution in [3.05, 3.63) is 48.0 Å². The fraction of sp³-hybridized carbons (Fsp3) is 0.409. The predicted octanol–water partition coefficient (Wildman–Crippen LogP) is 2.37. The van der Waals surface area contributed by atoms with Gasteiger partial charge in [-0.15, -0.1) is 0 Å². The van der Waals surface area contributed by atoms with Crippen LogP contribution in [-0.4, -0.2) is 66.6 Å². The summed E-state index contributed by atoms with van der Waals surface area (Å²) in [5.74, 6) is 0. The van der Waals surface area contributed by atoms with Gasteiger partial charge in [0.2, 0.25) is 10.0 Å². The Hall–Kier alpha value is -2.67. The minimum absolute atomic E-state index is 0.00185. The van der Waals surface area contributed by atoms with Crippen molar-refractivity contribution < 1.29 is 26.4 Å². The van der Waals surface area contributed by atoms with Crippen LogP contribution in [0.5, 0.6) is 0 Å². The van der Waals surface area contributed by atoms with E-state index in [1.807, 2.05) is 30.4 Å². The molecule has 1 aliphatic heterocycles. The number of nitrogens with zero attached hydrogens (tertiary/aromatic N) is 2. The summed E-state index contributed by atoms with van der Waals surface area (Å²) in [6.45, 7) is 7.96. The van der Waals surface area contributed by atoms with Crippen LogP contribution in [0.1, 0.15) is 19.4 Å². The number of rotatable bonds is 8. The van der Waals surface area contributed by atoms with Gasteiger partial charge in [0.25, 0.3) is 10.0 Å². The fourth-order valence-corrected chi connectivity index (χ4v) is 5.94. The lowest BCUT2D eigenvalue weighted by Crippen LogP contribution is -2.40. The van der Waals surface area contributed by atoms with Crippen LogP contribution in [0, 0.1) is 6.92 Å². The number of carbonyl (C=O) groups excluding carboxylic acids is 1. The molecule has 0 aliphatic carbocycles. The third kappa shape index (κ3) is 5.87. The van der Waals surface area contributed by atoms with E-state index in [-0.39, 0.29) is 28.6 Å². The molecule has 0 unspecified atom stereocenters. The number of nitrogens with one attached hydrogen (secondary N) is 2. The topological polar surface area (TPSA) is 125 Å². The molecule has 12 heteroatoms. The van der Waals surface area contributed by atoms with E-state index >= 15 is 0 Å². The highest BCUT2D eigenvalue weighted by atomic mass is 32.2. The monoisotopic (exact) mass is 510 g/mol. The number of aryl methyl sites for hydroxylation is 1. The number of amides is 2. The summed E-state index contributed by atoms with van der Waals surface area (Å²) in [4.78, 5) is 14.6. The average molecular weight is 511 g/mol. The van der Waals surface area contributed by atoms with Gasteiger partial charge in [0.15, 0.2) is 0 Å². The van der Waals surface area contributed by atoms with Crippen molar-refractivity contribution in [2.24, 2.45) is 0 Å². The Bertz CT molecular complexity index is 1220. The number of urea groups is 1. The van der Waals surface area contributed by atoms with Crippen molar-refractivity contribution in [2.75, 3.05) is 49.6 Å². The third-order valence-electron chi connectivity index (χ3n) is 5.49. The molecule has 1 saturated heterocycles. The first-order chi connectivity index (χ1) is 16.1. The van der Waals surface area contributed by atoms with Crippen LogP contribution in [0.15, 0.2) is 52.3 Å². The van der Waals surface area contributed by atoms with Crippen LogP contribution in [0.25, 0.3) is 0 Å². The average Bonchev–Trinajstić information content (AvgIpc) is 2.81. The third-order valence-corrected chi connectivity index (χ3v) is 8.73. The quantitative estimate of drug-likeness (QED) is 0.559. The van der Waals surface area contributed by atoms with E-state index in [9.17, 15) is 21.6 Å². The lowest BCUT2D eigenvalue weighted by atomic mass is 10.2. The van der Waals surface area contributed by atoms with Gasteiger partial charge in [0, 0.05) is 26.2 Å². The van der Waals surface area contributed by atoms with E-state index < -0.39 is 26.1 Å². The number of benzene rings is 2. The number of morpholine rings is 1. The molecule has 2 aromatic carbocycles. The Morgan fingerprint density at radius 3 is 2.15 bits per heavy atom. The molecule has 0 radical (unpaired) electrons. The van der Waals surface area contributed by atoms with Gasteiger partial charge < -0.3 is 15.0 Å². The molecule has 186 valence electrons. The number of hydrogen-bond donors (Lipinski definition) is 2. The molecule has 34 heavy (non-hydrogen) atoms. The number of anilines is 2. The number of carbonyl (C=O) groups is 1. The molecule has 0 atom stereocenters. The second-order valence-corrected chi connectivity index (χ2v) is 11.4. The smallest absolute Gasteiger partial charge is 0.333 e. The highest BCUT2D eigenvalue weighted by Gasteiger charge is 2.28. The van der Waals surface area contributed by atoms with Gasteiger partial charge in [-0.2, -0.15) is 4.31 Å². The van der Waals surface area contributed by atoms with Crippen LogP contribution in [-0.2, 0) is 24.8 Å². The van der Waals surface area contributed by atoms with Crippen LogP contribution in [0.2, 0.25) is 0 Å². The van der Waals surface area contributed by atoms with Crippen LogP contribution >= 0.6 is 0 Å². The largest absolute Gasteiger partial charge is 0.379 e. The second-order valence-electron chi connectivity index (χ2n) is 7.74. The number of hydrogen-bond acceptors (Lipinski definition) is 7. The lowest BCUT2D eigenvalue weighted by molar-refractivity contribution is 0.0730. The normalized spacial score (nSPS) is 15.0. The van der Waals surface area contributed by atoms with Crippen molar-refractivity contribution in [3.63, 3.8) is 0 Å². The van der Waals surface area contributed by atoms with Gasteiger partial charge in [0.05, 0.1) is 34.4 Å². The molecule has 3 rings (SSSR count). The Kier molecular flexibility index (Phi) is 8.18. The Labute approximate surface area is 201 Å². The van der Waals surface area contributed by atoms with E-state index in [1.54, 1.807) is 18.2 Å². The first-order valence-corrected chi connectivity index (χ1v) is 13.9. The summed E-state index contributed by atoms with van der Waals surface area (Å²) in [6.07, 6.45) is 0. The summed E-state index contributed by atoms with van der Waals surface area (Å²) < 4.78 is 60.0. The zero-order valence-electron chi connectivity index (χ0n) is 19.4. The van der Waals surface area contributed by atoms with Crippen molar-refractivity contribution in [2.45, 2.75) is 30.6 Å². The summed E-state index contributed by atoms with van der Waals surface area (Å²) >= 11 is 0. The molecule has 0 aromatic heterocycles. The standard InChI is InChI=1S/C22H30N4O6S2/c1-4-25(5-2)21-11-10-19(34(30,31)26-12-14-32-15-13-26)16-20(21)23-22(27)24-33(28,29)18-8-6-17(3)7-9-18/h6-11,16H,4-5,12-15H2,1-3H3,(H2,23,24,27). The minimum atomic E-state index is -4.11. The van der Waals surface area contributed by atoms with Crippen molar-refractivity contribution in [1.29, 1.82) is 0 Å². The van der Waals surface area contributed by atoms with Gasteiger partial charge in [0.1, 0.15) is 0 Å². The Balaban J connectivity index is 1.91. The molecule has 10 nitrogen and oxygen atoms in total. The fourth-order valence-electron chi connectivity index (χ4n) is 3.60. The summed E-state index contributed by atoms with van der Waals surface area (Å²) in [5.41, 5.74) is 1.65. The van der Waals surface area contributed by atoms with E-state index in [0.29, 0.717) is 32.0 Å². The lowest BCUT2D eigenvalue weighted by Gasteiger charge is -2.28. The first kappa shape index (κ1) is 25.9. The maximum absolute atomic E-state index is 13.1. The molecule has 2 N–H and O–H groups in total. The summed E-state index contributed by atoms with van der Waals surface area (Å²) in [7, 11) is -7.93. The maximum atomic E-state index is 13.1. The zero-order valence-corrected chi connectivity index (χ0v) is 21.1. The second kappa shape index (κ2) is 10.7.